The van der Waals surface area contributed by atoms with Crippen LogP contribution in [0.1, 0.15) is 44.7 Å². The van der Waals surface area contributed by atoms with Crippen LogP contribution in [-0.4, -0.2) is 53.8 Å². The molecule has 0 spiro atoms. The minimum atomic E-state index is -0.501. The normalized spacial score (nSPS) is 15.5. The van der Waals surface area contributed by atoms with E-state index in [1.54, 1.807) is 31.3 Å². The van der Waals surface area contributed by atoms with Crippen LogP contribution in [0.4, 0.5) is 4.39 Å². The number of carbonyl (C=O) groups excluding carboxylic acids is 1. The topological polar surface area (TPSA) is 102 Å². The summed E-state index contributed by atoms with van der Waals surface area (Å²) in [6.07, 6.45) is 6.37. The summed E-state index contributed by atoms with van der Waals surface area (Å²) in [7, 11) is 2.12. The molecule has 1 saturated heterocycles. The molecule has 4 rings (SSSR count). The second-order valence-electron chi connectivity index (χ2n) is 11.1. The summed E-state index contributed by atoms with van der Waals surface area (Å²) < 4.78 is 27.8. The Morgan fingerprint density at radius 1 is 1.20 bits per heavy atom. The first-order valence-electron chi connectivity index (χ1n) is 13.5. The maximum Gasteiger partial charge on any atom is 0.228 e. The number of fused-ring (bicyclic) bond motifs is 1. The first-order chi connectivity index (χ1) is 19.0. The second kappa shape index (κ2) is 12.5. The Balaban J connectivity index is 1.49. The molecular weight excluding hydrogens is 509 g/mol. The van der Waals surface area contributed by atoms with E-state index in [2.05, 4.69) is 27.2 Å². The molecule has 0 aliphatic carbocycles. The molecule has 0 unspecified atom stereocenters. The van der Waals surface area contributed by atoms with Gasteiger partial charge in [-0.3, -0.25) is 14.8 Å². The third kappa shape index (κ3) is 7.57. The number of amides is 1. The van der Waals surface area contributed by atoms with E-state index >= 15 is 4.39 Å². The summed E-state index contributed by atoms with van der Waals surface area (Å²) in [5.74, 6) is 0.751. The van der Waals surface area contributed by atoms with Crippen LogP contribution in [0.3, 0.4) is 0 Å². The van der Waals surface area contributed by atoms with Crippen LogP contribution in [-0.2, 0) is 11.2 Å². The molecule has 2 aromatic carbocycles. The Kier molecular flexibility index (Phi) is 9.04. The lowest BCUT2D eigenvalue weighted by Gasteiger charge is -2.29. The van der Waals surface area contributed by atoms with Crippen LogP contribution in [0.5, 0.6) is 17.2 Å². The van der Waals surface area contributed by atoms with E-state index in [4.69, 9.17) is 15.2 Å². The summed E-state index contributed by atoms with van der Waals surface area (Å²) in [6, 6.07) is 10.7. The van der Waals surface area contributed by atoms with Crippen molar-refractivity contribution in [2.45, 2.75) is 58.6 Å². The Bertz CT molecular complexity index is 1420. The predicted molar refractivity (Wildman–Crippen MR) is 156 cm³/mol. The Labute approximate surface area is 235 Å². The standard InChI is InChI=1S/C31H38FN5O3/c1-20-27(9-6-21(30(20)32)16-29(38)36-22(18-33)19-35-31(2,3)4)40-28-10-13-34-26-8-7-24(17-25(26)28)39-23-11-14-37(5)15-12-23/h6-10,13,17-19,23H,11-12,14-16,33H2,1-5H3,(H,36,38). The monoisotopic (exact) mass is 547 g/mol. The third-order valence-electron chi connectivity index (χ3n) is 6.68. The number of aromatic nitrogens is 1. The Morgan fingerprint density at radius 2 is 1.95 bits per heavy atom. The van der Waals surface area contributed by atoms with Gasteiger partial charge in [0, 0.05) is 42.7 Å². The van der Waals surface area contributed by atoms with Crippen LogP contribution in [0.25, 0.3) is 10.9 Å². The lowest BCUT2D eigenvalue weighted by atomic mass is 10.1. The molecule has 1 fully saturated rings. The number of nitrogens with one attached hydrogen (secondary N) is 1. The van der Waals surface area contributed by atoms with Gasteiger partial charge in [0.05, 0.1) is 23.2 Å². The molecule has 1 aliphatic rings. The first-order valence-corrected chi connectivity index (χ1v) is 13.5. The quantitative estimate of drug-likeness (QED) is 0.372. The highest BCUT2D eigenvalue weighted by molar-refractivity contribution is 5.89. The lowest BCUT2D eigenvalue weighted by molar-refractivity contribution is -0.119. The zero-order valence-electron chi connectivity index (χ0n) is 23.8. The van der Waals surface area contributed by atoms with Crippen LogP contribution < -0.4 is 20.5 Å². The van der Waals surface area contributed by atoms with Crippen molar-refractivity contribution < 1.29 is 18.7 Å². The summed E-state index contributed by atoms with van der Waals surface area (Å²) in [4.78, 5) is 23.7. The number of ether oxygens (including phenoxy) is 2. The molecule has 212 valence electrons. The van der Waals surface area contributed by atoms with Gasteiger partial charge in [0.25, 0.3) is 0 Å². The van der Waals surface area contributed by atoms with Gasteiger partial charge in [0.2, 0.25) is 5.91 Å². The summed E-state index contributed by atoms with van der Waals surface area (Å²) in [5.41, 5.74) is 6.95. The van der Waals surface area contributed by atoms with Crippen LogP contribution in [0.15, 0.2) is 59.5 Å². The number of carbonyl (C=O) groups is 1. The number of piperidine rings is 1. The third-order valence-corrected chi connectivity index (χ3v) is 6.68. The Morgan fingerprint density at radius 3 is 2.65 bits per heavy atom. The molecule has 2 heterocycles. The number of pyridine rings is 1. The van der Waals surface area contributed by atoms with E-state index in [1.165, 1.54) is 12.4 Å². The van der Waals surface area contributed by atoms with Gasteiger partial charge >= 0.3 is 0 Å². The summed E-state index contributed by atoms with van der Waals surface area (Å²) in [6.45, 7) is 9.43. The smallest absolute Gasteiger partial charge is 0.228 e. The minimum Gasteiger partial charge on any atom is -0.490 e. The molecule has 0 atom stereocenters. The number of hydrogen-bond acceptors (Lipinski definition) is 7. The number of hydrogen-bond donors (Lipinski definition) is 2. The number of aliphatic imine (C=N–C) groups is 1. The first kappa shape index (κ1) is 29.0. The summed E-state index contributed by atoms with van der Waals surface area (Å²) in [5, 5.41) is 3.45. The number of allylic oxidation sites excluding steroid dienone is 1. The van der Waals surface area contributed by atoms with Crippen molar-refractivity contribution >= 4 is 23.0 Å². The molecule has 1 amide bonds. The van der Waals surface area contributed by atoms with Crippen molar-refractivity contribution in [3.63, 3.8) is 0 Å². The van der Waals surface area contributed by atoms with Crippen LogP contribution in [0.2, 0.25) is 0 Å². The minimum absolute atomic E-state index is 0.163. The van der Waals surface area contributed by atoms with Crippen LogP contribution >= 0.6 is 0 Å². The Hall–Kier alpha value is -3.98. The number of rotatable bonds is 8. The number of halogens is 1. The molecule has 1 aromatic heterocycles. The van der Waals surface area contributed by atoms with Crippen molar-refractivity contribution in [3.05, 3.63) is 71.4 Å². The number of nitrogens with two attached hydrogens (primary N) is 1. The fourth-order valence-electron chi connectivity index (χ4n) is 4.40. The highest BCUT2D eigenvalue weighted by atomic mass is 19.1. The molecule has 0 radical (unpaired) electrons. The zero-order valence-corrected chi connectivity index (χ0v) is 23.8. The molecule has 0 bridgehead atoms. The maximum absolute atomic E-state index is 15.4. The zero-order chi connectivity index (χ0) is 28.9. The average molecular weight is 548 g/mol. The highest BCUT2D eigenvalue weighted by Crippen LogP contribution is 2.34. The number of nitrogens with zero attached hydrogens (tertiary/aromatic N) is 3. The van der Waals surface area contributed by atoms with Gasteiger partial charge in [-0.25, -0.2) is 4.39 Å². The van der Waals surface area contributed by atoms with Gasteiger partial charge in [-0.05, 0) is 83.5 Å². The van der Waals surface area contributed by atoms with Crippen molar-refractivity contribution in [1.82, 2.24) is 15.2 Å². The van der Waals surface area contributed by atoms with Gasteiger partial charge in [-0.15, -0.1) is 0 Å². The molecule has 3 aromatic rings. The molecule has 1 aliphatic heterocycles. The molecule has 8 nitrogen and oxygen atoms in total. The SMILES string of the molecule is Cc1c(Oc2ccnc3ccc(OC4CCN(C)CC4)cc23)ccc(CC(=O)NC(C=NC(C)(C)C)=CN)c1F. The van der Waals surface area contributed by atoms with Crippen molar-refractivity contribution in [3.8, 4) is 17.2 Å². The average Bonchev–Trinajstić information content (AvgIpc) is 2.92. The fourth-order valence-corrected chi connectivity index (χ4v) is 4.40. The van der Waals surface area contributed by atoms with Gasteiger partial charge in [-0.1, -0.05) is 6.07 Å². The number of benzene rings is 2. The van der Waals surface area contributed by atoms with E-state index < -0.39 is 11.7 Å². The molecule has 9 heteroatoms. The predicted octanol–water partition coefficient (Wildman–Crippen LogP) is 5.28. The van der Waals surface area contributed by atoms with Gasteiger partial charge in [0.15, 0.2) is 0 Å². The fraction of sp³-hybridized carbons (Fsp3) is 0.387. The van der Waals surface area contributed by atoms with E-state index in [9.17, 15) is 4.79 Å². The van der Waals surface area contributed by atoms with Gasteiger partial charge < -0.3 is 25.4 Å². The van der Waals surface area contributed by atoms with E-state index in [-0.39, 0.29) is 23.6 Å². The second-order valence-corrected chi connectivity index (χ2v) is 11.1. The van der Waals surface area contributed by atoms with E-state index in [0.29, 0.717) is 22.8 Å². The maximum atomic E-state index is 15.4. The van der Waals surface area contributed by atoms with Crippen molar-refractivity contribution in [2.24, 2.45) is 10.7 Å². The highest BCUT2D eigenvalue weighted by Gasteiger charge is 2.19. The molecule has 0 saturated carbocycles. The molecule has 3 N–H and O–H groups in total. The van der Waals surface area contributed by atoms with Crippen LogP contribution in [0, 0.1) is 12.7 Å². The van der Waals surface area contributed by atoms with Gasteiger partial charge in [-0.2, -0.15) is 0 Å². The van der Waals surface area contributed by atoms with Crippen molar-refractivity contribution in [1.29, 1.82) is 0 Å². The number of likely N-dealkylation sites (tertiary alicyclic amines) is 1. The summed E-state index contributed by atoms with van der Waals surface area (Å²) >= 11 is 0. The van der Waals surface area contributed by atoms with E-state index in [1.807, 2.05) is 39.0 Å². The van der Waals surface area contributed by atoms with Crippen molar-refractivity contribution in [2.75, 3.05) is 20.1 Å². The van der Waals surface area contributed by atoms with Gasteiger partial charge in [0.1, 0.15) is 29.2 Å². The molecule has 40 heavy (non-hydrogen) atoms. The largest absolute Gasteiger partial charge is 0.490 e. The molecular formula is C31H38FN5O3. The lowest BCUT2D eigenvalue weighted by Crippen LogP contribution is -2.35. The van der Waals surface area contributed by atoms with E-state index in [0.717, 1.165) is 42.6 Å².